The Labute approximate surface area is 117 Å². The predicted octanol–water partition coefficient (Wildman–Crippen LogP) is 1.13. The van der Waals surface area contributed by atoms with Crippen LogP contribution in [0.4, 0.5) is 0 Å². The minimum Gasteiger partial charge on any atom is -0.344 e. The number of nitrogens with one attached hydrogen (secondary N) is 2. The van der Waals surface area contributed by atoms with Gasteiger partial charge in [-0.1, -0.05) is 12.5 Å². The minimum atomic E-state index is -0.730. The summed E-state index contributed by atoms with van der Waals surface area (Å²) >= 11 is 0. The van der Waals surface area contributed by atoms with Crippen LogP contribution in [0.3, 0.4) is 0 Å². The maximum absolute atomic E-state index is 11.6. The van der Waals surface area contributed by atoms with E-state index in [9.17, 15) is 9.59 Å². The number of hydrazone groups is 1. The molecule has 0 spiro atoms. The van der Waals surface area contributed by atoms with Gasteiger partial charge < -0.3 is 5.32 Å². The Balaban J connectivity index is 1.76. The summed E-state index contributed by atoms with van der Waals surface area (Å²) in [5.41, 5.74) is 4.11. The van der Waals surface area contributed by atoms with Gasteiger partial charge in [0.05, 0.1) is 0 Å². The maximum Gasteiger partial charge on any atom is 0.329 e. The van der Waals surface area contributed by atoms with Gasteiger partial charge in [0.25, 0.3) is 0 Å². The highest BCUT2D eigenvalue weighted by Crippen LogP contribution is 2.14. The molecule has 2 rings (SSSR count). The Morgan fingerprint density at radius 1 is 1.20 bits per heavy atom. The van der Waals surface area contributed by atoms with Gasteiger partial charge in [0.2, 0.25) is 0 Å². The number of carbonyl (C=O) groups is 2. The molecule has 2 N–H and O–H groups in total. The van der Waals surface area contributed by atoms with E-state index in [0.29, 0.717) is 0 Å². The fraction of sp³-hybridized carbons (Fsp3) is 0.429. The van der Waals surface area contributed by atoms with Gasteiger partial charge in [-0.3, -0.25) is 14.6 Å². The normalized spacial score (nSPS) is 14.5. The molecule has 0 saturated heterocycles. The minimum absolute atomic E-state index is 0.274. The van der Waals surface area contributed by atoms with E-state index >= 15 is 0 Å². The van der Waals surface area contributed by atoms with E-state index in [1.54, 1.807) is 18.5 Å². The van der Waals surface area contributed by atoms with Crippen LogP contribution in [-0.2, 0) is 16.1 Å². The highest BCUT2D eigenvalue weighted by molar-refractivity contribution is 6.35. The number of amides is 2. The maximum atomic E-state index is 11.6. The average molecular weight is 274 g/mol. The van der Waals surface area contributed by atoms with Crippen LogP contribution in [0.15, 0.2) is 29.6 Å². The highest BCUT2D eigenvalue weighted by Gasteiger charge is 2.13. The summed E-state index contributed by atoms with van der Waals surface area (Å²) in [6, 6.07) is 3.60. The van der Waals surface area contributed by atoms with E-state index in [1.165, 1.54) is 6.42 Å². The number of carbonyl (C=O) groups excluding carboxylic acids is 2. The quantitative estimate of drug-likeness (QED) is 0.640. The van der Waals surface area contributed by atoms with Crippen molar-refractivity contribution in [1.82, 2.24) is 15.7 Å². The molecule has 6 heteroatoms. The van der Waals surface area contributed by atoms with Crippen molar-refractivity contribution in [2.45, 2.75) is 38.6 Å². The second kappa shape index (κ2) is 7.37. The van der Waals surface area contributed by atoms with E-state index in [4.69, 9.17) is 0 Å². The zero-order valence-electron chi connectivity index (χ0n) is 11.3. The van der Waals surface area contributed by atoms with Crippen molar-refractivity contribution in [1.29, 1.82) is 0 Å². The molecule has 1 saturated carbocycles. The van der Waals surface area contributed by atoms with Crippen LogP contribution < -0.4 is 10.7 Å². The highest BCUT2D eigenvalue weighted by atomic mass is 16.2. The van der Waals surface area contributed by atoms with Gasteiger partial charge in [-0.25, -0.2) is 5.43 Å². The second-order valence-electron chi connectivity index (χ2n) is 4.72. The molecule has 1 aromatic heterocycles. The van der Waals surface area contributed by atoms with Crippen LogP contribution in [0, 0.1) is 0 Å². The van der Waals surface area contributed by atoms with Gasteiger partial charge in [0, 0.05) is 24.7 Å². The standard InChI is InChI=1S/C14H18N4O2/c19-13(16-10-11-5-4-8-15-9-11)14(20)18-17-12-6-2-1-3-7-12/h4-5,8-9H,1-3,6-7,10H2,(H,16,19)(H,18,20). The molecule has 20 heavy (non-hydrogen) atoms. The van der Waals surface area contributed by atoms with Gasteiger partial charge in [-0.05, 0) is 37.3 Å². The summed E-state index contributed by atoms with van der Waals surface area (Å²) in [4.78, 5) is 27.1. The number of rotatable bonds is 3. The van der Waals surface area contributed by atoms with Crippen LogP contribution in [0.25, 0.3) is 0 Å². The zero-order chi connectivity index (χ0) is 14.2. The summed E-state index contributed by atoms with van der Waals surface area (Å²) in [6.07, 6.45) is 8.50. The third-order valence-electron chi connectivity index (χ3n) is 3.13. The number of hydrogen-bond donors (Lipinski definition) is 2. The van der Waals surface area contributed by atoms with E-state index in [0.717, 1.165) is 37.0 Å². The molecule has 0 aliphatic heterocycles. The van der Waals surface area contributed by atoms with Crippen LogP contribution >= 0.6 is 0 Å². The van der Waals surface area contributed by atoms with Crippen LogP contribution in [0.5, 0.6) is 0 Å². The summed E-state index contributed by atoms with van der Waals surface area (Å²) in [5, 5.41) is 6.53. The zero-order valence-corrected chi connectivity index (χ0v) is 11.3. The van der Waals surface area contributed by atoms with Crippen LogP contribution in [-0.4, -0.2) is 22.5 Å². The third-order valence-corrected chi connectivity index (χ3v) is 3.13. The Morgan fingerprint density at radius 2 is 2.00 bits per heavy atom. The van der Waals surface area contributed by atoms with E-state index in [2.05, 4.69) is 20.8 Å². The molecule has 1 heterocycles. The Kier molecular flexibility index (Phi) is 5.23. The third kappa shape index (κ3) is 4.46. The molecule has 0 unspecified atom stereocenters. The molecular weight excluding hydrogens is 256 g/mol. The van der Waals surface area contributed by atoms with Crippen molar-refractivity contribution in [2.75, 3.05) is 0 Å². The van der Waals surface area contributed by atoms with E-state index in [1.807, 2.05) is 6.07 Å². The second-order valence-corrected chi connectivity index (χ2v) is 4.72. The Bertz CT molecular complexity index is 491. The fourth-order valence-electron chi connectivity index (χ4n) is 2.02. The fourth-order valence-corrected chi connectivity index (χ4v) is 2.02. The Morgan fingerprint density at radius 3 is 2.70 bits per heavy atom. The molecule has 1 aliphatic carbocycles. The average Bonchev–Trinajstić information content (AvgIpc) is 2.52. The molecule has 1 aliphatic rings. The monoisotopic (exact) mass is 274 g/mol. The van der Waals surface area contributed by atoms with E-state index in [-0.39, 0.29) is 6.54 Å². The number of hydrogen-bond acceptors (Lipinski definition) is 4. The molecule has 0 atom stereocenters. The van der Waals surface area contributed by atoms with Gasteiger partial charge in [0.1, 0.15) is 0 Å². The largest absolute Gasteiger partial charge is 0.344 e. The van der Waals surface area contributed by atoms with Crippen LogP contribution in [0.2, 0.25) is 0 Å². The van der Waals surface area contributed by atoms with Crippen molar-refractivity contribution >= 4 is 17.5 Å². The van der Waals surface area contributed by atoms with Gasteiger partial charge in [-0.15, -0.1) is 0 Å². The molecule has 1 aromatic rings. The summed E-state index contributed by atoms with van der Waals surface area (Å²) in [5.74, 6) is -1.42. The lowest BCUT2D eigenvalue weighted by atomic mass is 9.99. The van der Waals surface area contributed by atoms with Gasteiger partial charge >= 0.3 is 11.8 Å². The molecule has 0 bridgehead atoms. The van der Waals surface area contributed by atoms with E-state index < -0.39 is 11.8 Å². The van der Waals surface area contributed by atoms with Crippen molar-refractivity contribution < 1.29 is 9.59 Å². The molecular formula is C14H18N4O2. The molecule has 0 aromatic carbocycles. The number of aromatic nitrogens is 1. The summed E-state index contributed by atoms with van der Waals surface area (Å²) < 4.78 is 0. The molecule has 1 fully saturated rings. The lowest BCUT2D eigenvalue weighted by molar-refractivity contribution is -0.139. The number of nitrogens with zero attached hydrogens (tertiary/aromatic N) is 2. The molecule has 106 valence electrons. The van der Waals surface area contributed by atoms with Gasteiger partial charge in [0.15, 0.2) is 0 Å². The van der Waals surface area contributed by atoms with Gasteiger partial charge in [-0.2, -0.15) is 5.10 Å². The smallest absolute Gasteiger partial charge is 0.329 e. The van der Waals surface area contributed by atoms with Crippen molar-refractivity contribution in [3.8, 4) is 0 Å². The SMILES string of the molecule is O=C(NCc1cccnc1)C(=O)NN=C1CCCCC1. The van der Waals surface area contributed by atoms with Crippen molar-refractivity contribution in [3.05, 3.63) is 30.1 Å². The Hall–Kier alpha value is -2.24. The summed E-state index contributed by atoms with van der Waals surface area (Å²) in [7, 11) is 0. The molecule has 0 radical (unpaired) electrons. The summed E-state index contributed by atoms with van der Waals surface area (Å²) in [6.45, 7) is 0.274. The van der Waals surface area contributed by atoms with Crippen molar-refractivity contribution in [2.24, 2.45) is 5.10 Å². The lowest BCUT2D eigenvalue weighted by Crippen LogP contribution is -2.37. The lowest BCUT2D eigenvalue weighted by Gasteiger charge is -2.11. The van der Waals surface area contributed by atoms with Crippen molar-refractivity contribution in [3.63, 3.8) is 0 Å². The first-order chi connectivity index (χ1) is 9.75. The molecule has 2 amide bonds. The first-order valence-electron chi connectivity index (χ1n) is 6.78. The topological polar surface area (TPSA) is 83.5 Å². The van der Waals surface area contributed by atoms with Crippen LogP contribution in [0.1, 0.15) is 37.7 Å². The first kappa shape index (κ1) is 14.2. The molecule has 6 nitrogen and oxygen atoms in total. The first-order valence-corrected chi connectivity index (χ1v) is 6.78. The number of pyridine rings is 1. The predicted molar refractivity (Wildman–Crippen MR) is 74.7 cm³/mol.